The highest BCUT2D eigenvalue weighted by atomic mass is 16.5. The molecule has 0 spiro atoms. The van der Waals surface area contributed by atoms with E-state index in [0.717, 1.165) is 5.69 Å². The number of Topliss-reactive ketones (excluding diaryl/α,β-unsaturated/α-hetero) is 1. The van der Waals surface area contributed by atoms with Crippen LogP contribution in [0.1, 0.15) is 30.1 Å². The Labute approximate surface area is 112 Å². The maximum Gasteiger partial charge on any atom is 0.307 e. The monoisotopic (exact) mass is 262 g/mol. The van der Waals surface area contributed by atoms with Crippen LogP contribution in [0.4, 0.5) is 11.4 Å². The van der Waals surface area contributed by atoms with Crippen LogP contribution in [0.25, 0.3) is 0 Å². The second-order valence-corrected chi connectivity index (χ2v) is 4.49. The molecule has 0 radical (unpaired) electrons. The van der Waals surface area contributed by atoms with Gasteiger partial charge >= 0.3 is 5.97 Å². The molecule has 0 amide bonds. The molecular formula is C14H18N2O3. The largest absolute Gasteiger partial charge is 0.466 e. The van der Waals surface area contributed by atoms with Crippen LogP contribution in [0.15, 0.2) is 18.2 Å². The van der Waals surface area contributed by atoms with Crippen LogP contribution in [-0.2, 0) is 9.53 Å². The van der Waals surface area contributed by atoms with Crippen molar-refractivity contribution < 1.29 is 14.3 Å². The Hall–Kier alpha value is -2.04. The van der Waals surface area contributed by atoms with Gasteiger partial charge in [0.1, 0.15) is 0 Å². The smallest absolute Gasteiger partial charge is 0.307 e. The van der Waals surface area contributed by atoms with Crippen LogP contribution in [0, 0.1) is 0 Å². The van der Waals surface area contributed by atoms with Crippen LogP contribution in [0.2, 0.25) is 0 Å². The van der Waals surface area contributed by atoms with Crippen molar-refractivity contribution in [2.24, 2.45) is 0 Å². The molecule has 0 saturated heterocycles. The summed E-state index contributed by atoms with van der Waals surface area (Å²) in [7, 11) is 0. The quantitative estimate of drug-likeness (QED) is 0.659. The van der Waals surface area contributed by atoms with Crippen molar-refractivity contribution in [3.05, 3.63) is 23.8 Å². The second-order valence-electron chi connectivity index (χ2n) is 4.49. The van der Waals surface area contributed by atoms with Crippen LogP contribution in [-0.4, -0.2) is 31.4 Å². The molecule has 19 heavy (non-hydrogen) atoms. The van der Waals surface area contributed by atoms with Crippen molar-refractivity contribution in [1.29, 1.82) is 0 Å². The Kier molecular flexibility index (Phi) is 4.04. The Balaban J connectivity index is 2.10. The van der Waals surface area contributed by atoms with Crippen molar-refractivity contribution in [1.82, 2.24) is 0 Å². The lowest BCUT2D eigenvalue weighted by Crippen LogP contribution is -2.34. The third-order valence-corrected chi connectivity index (χ3v) is 3.16. The molecule has 0 atom stereocenters. The summed E-state index contributed by atoms with van der Waals surface area (Å²) in [6.45, 7) is 3.37. The van der Waals surface area contributed by atoms with Gasteiger partial charge in [0, 0.05) is 36.4 Å². The maximum absolute atomic E-state index is 11.9. The van der Waals surface area contributed by atoms with Crippen molar-refractivity contribution >= 4 is 23.1 Å². The van der Waals surface area contributed by atoms with Gasteiger partial charge in [-0.25, -0.2) is 0 Å². The van der Waals surface area contributed by atoms with Gasteiger partial charge in [-0.3, -0.25) is 9.59 Å². The van der Waals surface area contributed by atoms with E-state index >= 15 is 0 Å². The Morgan fingerprint density at radius 2 is 2.26 bits per heavy atom. The lowest BCUT2D eigenvalue weighted by atomic mass is 9.99. The number of nitrogens with two attached hydrogens (primary N) is 1. The number of ketones is 1. The molecule has 0 bridgehead atoms. The molecule has 1 aliphatic heterocycles. The first-order valence-corrected chi connectivity index (χ1v) is 6.45. The van der Waals surface area contributed by atoms with Crippen molar-refractivity contribution in [3.63, 3.8) is 0 Å². The van der Waals surface area contributed by atoms with Gasteiger partial charge in [-0.05, 0) is 25.1 Å². The Morgan fingerprint density at radius 3 is 3.00 bits per heavy atom. The average molecular weight is 262 g/mol. The number of carbonyl (C=O) groups is 2. The number of carbonyl (C=O) groups excluding carboxylic acids is 2. The molecule has 5 nitrogen and oxygen atoms in total. The van der Waals surface area contributed by atoms with Crippen LogP contribution < -0.4 is 10.6 Å². The van der Waals surface area contributed by atoms with Crippen molar-refractivity contribution in [3.8, 4) is 0 Å². The molecule has 1 aromatic carbocycles. The van der Waals surface area contributed by atoms with E-state index < -0.39 is 0 Å². The van der Waals surface area contributed by atoms with E-state index in [1.807, 2.05) is 11.0 Å². The number of nitrogen functional groups attached to an aromatic ring is 1. The summed E-state index contributed by atoms with van der Waals surface area (Å²) in [5, 5.41) is 0. The zero-order valence-electron chi connectivity index (χ0n) is 11.0. The number of rotatable bonds is 4. The molecule has 1 aliphatic rings. The van der Waals surface area contributed by atoms with Gasteiger partial charge in [-0.15, -0.1) is 0 Å². The zero-order valence-corrected chi connectivity index (χ0v) is 11.0. The fourth-order valence-corrected chi connectivity index (χ4v) is 2.24. The molecule has 0 fully saturated rings. The number of fused-ring (bicyclic) bond motifs is 1. The molecule has 102 valence electrons. The average Bonchev–Trinajstić information content (AvgIpc) is 2.39. The van der Waals surface area contributed by atoms with E-state index in [4.69, 9.17) is 10.5 Å². The molecule has 1 aromatic rings. The maximum atomic E-state index is 11.9. The minimum Gasteiger partial charge on any atom is -0.466 e. The minimum atomic E-state index is -0.212. The lowest BCUT2D eigenvalue weighted by Gasteiger charge is -2.30. The van der Waals surface area contributed by atoms with Crippen LogP contribution in [0.5, 0.6) is 0 Å². The minimum absolute atomic E-state index is 0.106. The number of ether oxygens (including phenoxy) is 1. The summed E-state index contributed by atoms with van der Waals surface area (Å²) in [6, 6.07) is 5.32. The van der Waals surface area contributed by atoms with E-state index in [9.17, 15) is 9.59 Å². The molecular weight excluding hydrogens is 244 g/mol. The van der Waals surface area contributed by atoms with E-state index in [2.05, 4.69) is 0 Å². The van der Waals surface area contributed by atoms with E-state index in [0.29, 0.717) is 43.8 Å². The van der Waals surface area contributed by atoms with Crippen molar-refractivity contribution in [2.75, 3.05) is 30.3 Å². The summed E-state index contributed by atoms with van der Waals surface area (Å²) in [4.78, 5) is 25.3. The first-order chi connectivity index (χ1) is 9.11. The summed E-state index contributed by atoms with van der Waals surface area (Å²) in [5.74, 6) is -0.105. The van der Waals surface area contributed by atoms with Crippen molar-refractivity contribution in [2.45, 2.75) is 19.8 Å². The normalized spacial score (nSPS) is 14.2. The highest BCUT2D eigenvalue weighted by Gasteiger charge is 2.23. The zero-order chi connectivity index (χ0) is 13.8. The Morgan fingerprint density at radius 1 is 1.47 bits per heavy atom. The fraction of sp³-hybridized carbons (Fsp3) is 0.429. The standard InChI is InChI=1S/C14H18N2O3/c1-2-19-14(18)6-8-16-7-5-13(17)11-9-10(15)3-4-12(11)16/h3-4,9H,2,5-8,15H2,1H3. The van der Waals surface area contributed by atoms with Gasteiger partial charge in [0.05, 0.1) is 13.0 Å². The molecule has 5 heteroatoms. The van der Waals surface area contributed by atoms with E-state index in [1.54, 1.807) is 19.1 Å². The van der Waals surface area contributed by atoms with E-state index in [-0.39, 0.29) is 11.8 Å². The van der Waals surface area contributed by atoms with Gasteiger partial charge in [0.2, 0.25) is 0 Å². The lowest BCUT2D eigenvalue weighted by molar-refractivity contribution is -0.142. The van der Waals surface area contributed by atoms with E-state index in [1.165, 1.54) is 0 Å². The first kappa shape index (κ1) is 13.4. The molecule has 0 aromatic heterocycles. The van der Waals surface area contributed by atoms with Gasteiger partial charge in [0.15, 0.2) is 5.78 Å². The summed E-state index contributed by atoms with van der Waals surface area (Å²) >= 11 is 0. The highest BCUT2D eigenvalue weighted by molar-refractivity contribution is 6.04. The molecule has 0 aliphatic carbocycles. The number of hydrogen-bond donors (Lipinski definition) is 1. The van der Waals surface area contributed by atoms with Crippen LogP contribution >= 0.6 is 0 Å². The summed E-state index contributed by atoms with van der Waals surface area (Å²) in [6.07, 6.45) is 0.783. The SMILES string of the molecule is CCOC(=O)CCN1CCC(=O)c2cc(N)ccc21. The Bertz CT molecular complexity index is 499. The van der Waals surface area contributed by atoms with Gasteiger partial charge < -0.3 is 15.4 Å². The second kappa shape index (κ2) is 5.73. The first-order valence-electron chi connectivity index (χ1n) is 6.45. The molecule has 0 saturated carbocycles. The number of hydrogen-bond acceptors (Lipinski definition) is 5. The molecule has 2 N–H and O–H groups in total. The highest BCUT2D eigenvalue weighted by Crippen LogP contribution is 2.28. The topological polar surface area (TPSA) is 72.6 Å². The van der Waals surface area contributed by atoms with Gasteiger partial charge in [-0.1, -0.05) is 0 Å². The number of benzene rings is 1. The molecule has 1 heterocycles. The predicted molar refractivity (Wildman–Crippen MR) is 73.3 cm³/mol. The molecule has 0 unspecified atom stereocenters. The predicted octanol–water partition coefficient (Wildman–Crippen LogP) is 1.61. The van der Waals surface area contributed by atoms with Gasteiger partial charge in [-0.2, -0.15) is 0 Å². The number of esters is 1. The van der Waals surface area contributed by atoms with Crippen LogP contribution in [0.3, 0.4) is 0 Å². The molecule has 2 rings (SSSR count). The third kappa shape index (κ3) is 3.05. The number of nitrogens with zero attached hydrogens (tertiary/aromatic N) is 1. The summed E-state index contributed by atoms with van der Waals surface area (Å²) < 4.78 is 4.91. The summed E-state index contributed by atoms with van der Waals surface area (Å²) in [5.41, 5.74) is 7.79. The van der Waals surface area contributed by atoms with Gasteiger partial charge in [0.25, 0.3) is 0 Å². The third-order valence-electron chi connectivity index (χ3n) is 3.16. The fourth-order valence-electron chi connectivity index (χ4n) is 2.24. The number of anilines is 2.